The smallest absolute Gasteiger partial charge is 0.236 e. The molecule has 7 heavy (non-hydrogen) atoms. The Bertz CT molecular complexity index is 61.0. The van der Waals surface area contributed by atoms with Crippen molar-refractivity contribution in [3.8, 4) is 0 Å². The van der Waals surface area contributed by atoms with Gasteiger partial charge in [-0.05, 0) is 23.2 Å². The molecule has 0 fully saturated rings. The Morgan fingerprint density at radius 1 is 1.00 bits per heavy atom. The van der Waals surface area contributed by atoms with Crippen LogP contribution in [0.15, 0.2) is 10.6 Å². The first-order valence-corrected chi connectivity index (χ1v) is 1.76. The average Bonchev–Trinajstić information content (AvgIpc) is 1.36. The summed E-state index contributed by atoms with van der Waals surface area (Å²) in [5.41, 5.74) is 0. The molecule has 5 heteroatoms. The van der Waals surface area contributed by atoms with E-state index in [0.29, 0.717) is 0 Å². The van der Waals surface area contributed by atoms with Gasteiger partial charge in [0.2, 0.25) is 10.6 Å². The van der Waals surface area contributed by atoms with Crippen molar-refractivity contribution in [1.82, 2.24) is 0 Å². The van der Waals surface area contributed by atoms with Crippen molar-refractivity contribution in [3.05, 3.63) is 10.6 Å². The van der Waals surface area contributed by atoms with E-state index in [0.717, 1.165) is 0 Å². The molecule has 0 saturated carbocycles. The molecule has 0 spiro atoms. The summed E-state index contributed by atoms with van der Waals surface area (Å²) in [5, 5.41) is -3.01. The lowest BCUT2D eigenvalue weighted by atomic mass is 11.1. The second-order valence-corrected chi connectivity index (χ2v) is 1.18. The maximum Gasteiger partial charge on any atom is 0.236 e. The molecular formula is C2HCl2F3. The Kier molecular flexibility index (Phi) is 6.21. The van der Waals surface area contributed by atoms with Crippen LogP contribution < -0.4 is 0 Å². The van der Waals surface area contributed by atoms with E-state index in [1.807, 2.05) is 0 Å². The van der Waals surface area contributed by atoms with Gasteiger partial charge >= 0.3 is 0 Å². The van der Waals surface area contributed by atoms with Crippen molar-refractivity contribution in [2.45, 2.75) is 0 Å². The number of hydrogen-bond acceptors (Lipinski definition) is 0. The summed E-state index contributed by atoms with van der Waals surface area (Å²) in [6, 6.07) is 0. The van der Waals surface area contributed by atoms with Crippen LogP contribution in [0.2, 0.25) is 0 Å². The minimum atomic E-state index is -1.50. The summed E-state index contributed by atoms with van der Waals surface area (Å²) in [4.78, 5) is 0. The molecule has 0 bridgehead atoms. The molecule has 0 rings (SSSR count). The van der Waals surface area contributed by atoms with E-state index in [9.17, 15) is 8.78 Å². The summed E-state index contributed by atoms with van der Waals surface area (Å²) in [6.45, 7) is 0. The lowest BCUT2D eigenvalue weighted by molar-refractivity contribution is 0.609. The second kappa shape index (κ2) is 4.27. The standard InChI is InChI=1S/C2Cl2F2.FH/c3-1(5)2(4)6;/h;1H. The third kappa shape index (κ3) is 6.11. The maximum absolute atomic E-state index is 11.0. The van der Waals surface area contributed by atoms with Crippen LogP contribution in [0.1, 0.15) is 0 Å². The predicted octanol–water partition coefficient (Wildman–Crippen LogP) is 2.68. The maximum atomic E-state index is 11.0. The van der Waals surface area contributed by atoms with Gasteiger partial charge in [-0.3, -0.25) is 4.70 Å². The Labute approximate surface area is 48.1 Å². The third-order valence-electron chi connectivity index (χ3n) is 0.143. The normalized spacial score (nSPS) is 12.0. The van der Waals surface area contributed by atoms with E-state index in [4.69, 9.17) is 0 Å². The first kappa shape index (κ1) is 10.2. The molecule has 0 aliphatic rings. The minimum absolute atomic E-state index is 0. The van der Waals surface area contributed by atoms with Crippen molar-refractivity contribution in [2.75, 3.05) is 0 Å². The lowest BCUT2D eigenvalue weighted by Gasteiger charge is -1.72. The topological polar surface area (TPSA) is 0 Å². The van der Waals surface area contributed by atoms with Crippen LogP contribution in [0.25, 0.3) is 0 Å². The average molecular weight is 153 g/mol. The zero-order chi connectivity index (χ0) is 5.15. The predicted molar refractivity (Wildman–Crippen MR) is 23.5 cm³/mol. The van der Waals surface area contributed by atoms with Crippen LogP contribution in [0.5, 0.6) is 0 Å². The van der Waals surface area contributed by atoms with E-state index >= 15 is 0 Å². The number of hydrogen-bond donors (Lipinski definition) is 0. The second-order valence-electron chi connectivity index (χ2n) is 0.521. The fraction of sp³-hybridized carbons (Fsp3) is 0. The fourth-order valence-electron chi connectivity index (χ4n) is 0. The molecule has 0 amide bonds. The van der Waals surface area contributed by atoms with Gasteiger partial charge in [0.25, 0.3) is 0 Å². The van der Waals surface area contributed by atoms with Gasteiger partial charge in [0.1, 0.15) is 0 Å². The van der Waals surface area contributed by atoms with Gasteiger partial charge in [-0.1, -0.05) is 0 Å². The Hall–Kier alpha value is 0.110. The zero-order valence-corrected chi connectivity index (χ0v) is 4.43. The van der Waals surface area contributed by atoms with Gasteiger partial charge in [0.15, 0.2) is 0 Å². The molecule has 0 aliphatic carbocycles. The Morgan fingerprint density at radius 3 is 1.14 bits per heavy atom. The molecule has 0 heterocycles. The van der Waals surface area contributed by atoms with Gasteiger partial charge in [0, 0.05) is 0 Å². The van der Waals surface area contributed by atoms with Gasteiger partial charge in [-0.2, -0.15) is 8.78 Å². The van der Waals surface area contributed by atoms with E-state index in [1.54, 1.807) is 0 Å². The summed E-state index contributed by atoms with van der Waals surface area (Å²) in [5.74, 6) is 0. The van der Waals surface area contributed by atoms with Crippen molar-refractivity contribution in [3.63, 3.8) is 0 Å². The summed E-state index contributed by atoms with van der Waals surface area (Å²) >= 11 is 8.64. The van der Waals surface area contributed by atoms with Crippen molar-refractivity contribution >= 4 is 23.2 Å². The molecule has 0 aromatic carbocycles. The molecule has 0 aliphatic heterocycles. The van der Waals surface area contributed by atoms with Crippen LogP contribution in [0.4, 0.5) is 13.5 Å². The fourth-order valence-corrected chi connectivity index (χ4v) is 0. The van der Waals surface area contributed by atoms with Gasteiger partial charge in [0.05, 0.1) is 0 Å². The summed E-state index contributed by atoms with van der Waals surface area (Å²) in [7, 11) is 0. The monoisotopic (exact) mass is 152 g/mol. The van der Waals surface area contributed by atoms with Crippen LogP contribution in [0, 0.1) is 0 Å². The van der Waals surface area contributed by atoms with Crippen molar-refractivity contribution < 1.29 is 13.5 Å². The molecule has 0 aromatic rings. The highest BCUT2D eigenvalue weighted by molar-refractivity contribution is 6.37. The van der Waals surface area contributed by atoms with Gasteiger partial charge < -0.3 is 0 Å². The molecule has 0 saturated heterocycles. The zero-order valence-electron chi connectivity index (χ0n) is 2.92. The van der Waals surface area contributed by atoms with Crippen molar-refractivity contribution in [2.24, 2.45) is 0 Å². The van der Waals surface area contributed by atoms with E-state index < -0.39 is 10.6 Å². The van der Waals surface area contributed by atoms with E-state index in [2.05, 4.69) is 23.2 Å². The van der Waals surface area contributed by atoms with E-state index in [1.165, 1.54) is 0 Å². The molecule has 0 atom stereocenters. The Morgan fingerprint density at radius 2 is 1.14 bits per heavy atom. The highest BCUT2D eigenvalue weighted by Gasteiger charge is 1.93. The Balaban J connectivity index is 0. The van der Waals surface area contributed by atoms with Crippen LogP contribution in [-0.4, -0.2) is 0 Å². The molecule has 44 valence electrons. The molecule has 0 nitrogen and oxygen atoms in total. The number of rotatable bonds is 0. The first-order chi connectivity index (χ1) is 2.64. The van der Waals surface area contributed by atoms with Crippen molar-refractivity contribution in [1.29, 1.82) is 0 Å². The summed E-state index contributed by atoms with van der Waals surface area (Å²) < 4.78 is 21.9. The van der Waals surface area contributed by atoms with Crippen LogP contribution in [0.3, 0.4) is 0 Å². The molecule has 0 N–H and O–H groups in total. The van der Waals surface area contributed by atoms with Crippen LogP contribution >= 0.6 is 23.2 Å². The lowest BCUT2D eigenvalue weighted by Crippen LogP contribution is -1.52. The largest absolute Gasteiger partial charge is 0.269 e. The molecule has 0 aromatic heterocycles. The molecular weight excluding hydrogens is 152 g/mol. The minimum Gasteiger partial charge on any atom is -0.269 e. The van der Waals surface area contributed by atoms with Gasteiger partial charge in [-0.25, -0.2) is 0 Å². The quantitative estimate of drug-likeness (QED) is 0.501. The molecule has 0 radical (unpaired) electrons. The SMILES string of the molecule is F.FC(Cl)=C(F)Cl. The highest BCUT2D eigenvalue weighted by Crippen LogP contribution is 2.14. The van der Waals surface area contributed by atoms with E-state index in [-0.39, 0.29) is 4.70 Å². The number of halogens is 5. The molecule has 0 unspecified atom stereocenters. The first-order valence-electron chi connectivity index (χ1n) is 1.01. The van der Waals surface area contributed by atoms with Crippen LogP contribution in [-0.2, 0) is 0 Å². The van der Waals surface area contributed by atoms with Gasteiger partial charge in [-0.15, -0.1) is 0 Å². The highest BCUT2D eigenvalue weighted by atomic mass is 35.5. The third-order valence-corrected chi connectivity index (χ3v) is 0.571. The summed E-state index contributed by atoms with van der Waals surface area (Å²) in [6.07, 6.45) is 0.